The predicted octanol–water partition coefficient (Wildman–Crippen LogP) is 2.51. The summed E-state index contributed by atoms with van der Waals surface area (Å²) in [6, 6.07) is 0. The van der Waals surface area contributed by atoms with Crippen molar-refractivity contribution in [2.75, 3.05) is 26.3 Å². The Morgan fingerprint density at radius 2 is 2.04 bits per heavy atom. The van der Waals surface area contributed by atoms with Crippen LogP contribution < -0.4 is 10.9 Å². The van der Waals surface area contributed by atoms with Gasteiger partial charge < -0.3 is 15.0 Å². The highest BCUT2D eigenvalue weighted by Crippen LogP contribution is 2.28. The number of hydrogen-bond acceptors (Lipinski definition) is 4. The molecule has 6 nitrogen and oxygen atoms in total. The summed E-state index contributed by atoms with van der Waals surface area (Å²) in [4.78, 5) is 20.0. The lowest BCUT2D eigenvalue weighted by Gasteiger charge is -2.21. The largest absolute Gasteiger partial charge is 0.381 e. The molecule has 4 rings (SSSR count). The molecule has 2 saturated heterocycles. The maximum absolute atomic E-state index is 12.4. The van der Waals surface area contributed by atoms with E-state index in [2.05, 4.69) is 28.4 Å². The molecular weight excluding hydrogens is 304 g/mol. The van der Waals surface area contributed by atoms with Crippen molar-refractivity contribution in [2.24, 2.45) is 5.92 Å². The van der Waals surface area contributed by atoms with Gasteiger partial charge in [-0.1, -0.05) is 20.8 Å². The Labute approximate surface area is 144 Å². The molecule has 134 valence electrons. The van der Waals surface area contributed by atoms with Gasteiger partial charge in [-0.25, -0.2) is 4.98 Å². The van der Waals surface area contributed by atoms with Gasteiger partial charge in [-0.2, -0.15) is 0 Å². The van der Waals surface area contributed by atoms with Gasteiger partial charge in [0.1, 0.15) is 11.3 Å². The Balaban J connectivity index is 0.000000726. The second-order valence-electron chi connectivity index (χ2n) is 6.54. The smallest absolute Gasteiger partial charge is 0.274 e. The van der Waals surface area contributed by atoms with Crippen molar-refractivity contribution >= 4 is 5.52 Å². The number of aromatic nitrogens is 3. The number of nitrogens with one attached hydrogen (secondary N) is 2. The average molecular weight is 334 g/mol. The summed E-state index contributed by atoms with van der Waals surface area (Å²) in [6.07, 6.45) is 5.73. The first-order valence-electron chi connectivity index (χ1n) is 9.12. The highest BCUT2D eigenvalue weighted by molar-refractivity contribution is 5.45. The molecular formula is C18H30N4O2. The van der Waals surface area contributed by atoms with Gasteiger partial charge in [0.2, 0.25) is 0 Å². The highest BCUT2D eigenvalue weighted by atomic mass is 16.5. The fourth-order valence-corrected chi connectivity index (χ4v) is 3.72. The summed E-state index contributed by atoms with van der Waals surface area (Å²) in [5.74, 6) is 2.28. The van der Waals surface area contributed by atoms with Crippen LogP contribution in [0.15, 0.2) is 17.2 Å². The Bertz CT molecular complexity index is 736. The van der Waals surface area contributed by atoms with E-state index in [-0.39, 0.29) is 6.99 Å². The molecule has 4 heterocycles. The first kappa shape index (κ1) is 17.2. The van der Waals surface area contributed by atoms with Gasteiger partial charge in [-0.15, -0.1) is 0 Å². The molecule has 24 heavy (non-hydrogen) atoms. The van der Waals surface area contributed by atoms with Gasteiger partial charge in [0, 0.05) is 44.9 Å². The molecule has 0 bridgehead atoms. The van der Waals surface area contributed by atoms with Crippen LogP contribution in [0.3, 0.4) is 0 Å². The van der Waals surface area contributed by atoms with Crippen molar-refractivity contribution in [1.82, 2.24) is 19.7 Å². The lowest BCUT2D eigenvalue weighted by atomic mass is 9.95. The summed E-state index contributed by atoms with van der Waals surface area (Å²) < 4.78 is 7.45. The van der Waals surface area contributed by atoms with Crippen molar-refractivity contribution < 1.29 is 6.16 Å². The normalized spacial score (nSPS) is 24.8. The Morgan fingerprint density at radius 1 is 1.29 bits per heavy atom. The standard InChI is InChI=1S/C16H22N4O2.C2H6.H2/c1-10-6-17-7-12(10)13-9-20-14(16(21)19-13)8-18-15(20)11-2-4-22-5-3-11;1-2;/h8-12,17H,2-7H2,1H3,(H,19,21);1-2H3;1H/t10-,12-;;/m1../s1. The molecule has 0 saturated carbocycles. The lowest BCUT2D eigenvalue weighted by Crippen LogP contribution is -2.20. The highest BCUT2D eigenvalue weighted by Gasteiger charge is 2.27. The van der Waals surface area contributed by atoms with Gasteiger partial charge >= 0.3 is 0 Å². The van der Waals surface area contributed by atoms with E-state index in [1.54, 1.807) is 6.20 Å². The number of aromatic amines is 1. The molecule has 0 unspecified atom stereocenters. The SMILES string of the molecule is CC.C[C@@H]1CNC[C@H]1c1cn2c(C3CCOCC3)ncc2c(=O)[nH]1.[HH]. The quantitative estimate of drug-likeness (QED) is 0.885. The monoisotopic (exact) mass is 334 g/mol. The molecule has 0 radical (unpaired) electrons. The first-order chi connectivity index (χ1) is 11.7. The third-order valence-corrected chi connectivity index (χ3v) is 5.09. The molecule has 6 heteroatoms. The zero-order valence-electron chi connectivity index (χ0n) is 14.8. The van der Waals surface area contributed by atoms with E-state index in [9.17, 15) is 4.79 Å². The molecule has 2 aromatic rings. The molecule has 2 fully saturated rings. The number of H-pyrrole nitrogens is 1. The Kier molecular flexibility index (Phi) is 5.36. The van der Waals surface area contributed by atoms with Gasteiger partial charge in [0.15, 0.2) is 0 Å². The first-order valence-corrected chi connectivity index (χ1v) is 9.12. The summed E-state index contributed by atoms with van der Waals surface area (Å²) in [5, 5.41) is 3.40. The fraction of sp³-hybridized carbons (Fsp3) is 0.667. The van der Waals surface area contributed by atoms with Crippen molar-refractivity contribution in [2.45, 2.75) is 45.4 Å². The van der Waals surface area contributed by atoms with Crippen LogP contribution in [0.5, 0.6) is 0 Å². The minimum atomic E-state index is -0.0394. The third-order valence-electron chi connectivity index (χ3n) is 5.09. The van der Waals surface area contributed by atoms with Crippen molar-refractivity contribution in [1.29, 1.82) is 0 Å². The predicted molar refractivity (Wildman–Crippen MR) is 96.8 cm³/mol. The van der Waals surface area contributed by atoms with Crippen LogP contribution in [-0.2, 0) is 4.74 Å². The number of rotatable bonds is 2. The molecule has 2 aromatic heterocycles. The van der Waals surface area contributed by atoms with Crippen molar-refractivity contribution in [3.05, 3.63) is 34.3 Å². The maximum atomic E-state index is 12.4. The summed E-state index contributed by atoms with van der Waals surface area (Å²) in [6.45, 7) is 9.70. The van der Waals surface area contributed by atoms with E-state index in [1.807, 2.05) is 18.2 Å². The number of ether oxygens (including phenoxy) is 1. The summed E-state index contributed by atoms with van der Waals surface area (Å²) in [5.41, 5.74) is 1.62. The van der Waals surface area contributed by atoms with Crippen LogP contribution in [0.4, 0.5) is 0 Å². The molecule has 0 amide bonds. The van der Waals surface area contributed by atoms with Crippen LogP contribution in [0, 0.1) is 5.92 Å². The average Bonchev–Trinajstić information content (AvgIpc) is 3.24. The molecule has 0 aliphatic carbocycles. The summed E-state index contributed by atoms with van der Waals surface area (Å²) in [7, 11) is 0. The van der Waals surface area contributed by atoms with Crippen LogP contribution in [0.2, 0.25) is 0 Å². The van der Waals surface area contributed by atoms with Gasteiger partial charge in [0.25, 0.3) is 5.56 Å². The van der Waals surface area contributed by atoms with Crippen LogP contribution >= 0.6 is 0 Å². The topological polar surface area (TPSA) is 71.4 Å². The van der Waals surface area contributed by atoms with E-state index >= 15 is 0 Å². The zero-order valence-corrected chi connectivity index (χ0v) is 14.8. The molecule has 2 aliphatic rings. The van der Waals surface area contributed by atoms with Crippen molar-refractivity contribution in [3.63, 3.8) is 0 Å². The molecule has 0 spiro atoms. The van der Waals surface area contributed by atoms with E-state index in [0.29, 0.717) is 23.3 Å². The van der Waals surface area contributed by atoms with Crippen molar-refractivity contribution in [3.8, 4) is 0 Å². The van der Waals surface area contributed by atoms with Gasteiger partial charge in [-0.3, -0.25) is 9.20 Å². The minimum Gasteiger partial charge on any atom is -0.381 e. The van der Waals surface area contributed by atoms with Crippen LogP contribution in [-0.4, -0.2) is 40.7 Å². The van der Waals surface area contributed by atoms with E-state index in [1.165, 1.54) is 0 Å². The minimum absolute atomic E-state index is 0. The van der Waals surface area contributed by atoms with E-state index < -0.39 is 0 Å². The fourth-order valence-electron chi connectivity index (χ4n) is 3.72. The van der Waals surface area contributed by atoms with Gasteiger partial charge in [0.05, 0.1) is 6.20 Å². The number of nitrogens with zero attached hydrogens (tertiary/aromatic N) is 2. The maximum Gasteiger partial charge on any atom is 0.274 e. The van der Waals surface area contributed by atoms with E-state index in [4.69, 9.17) is 4.74 Å². The molecule has 0 aromatic carbocycles. The van der Waals surface area contributed by atoms with Crippen LogP contribution in [0.25, 0.3) is 5.52 Å². The van der Waals surface area contributed by atoms with Gasteiger partial charge in [-0.05, 0) is 25.3 Å². The second kappa shape index (κ2) is 7.49. The molecule has 2 atom stereocenters. The molecule has 2 aliphatic heterocycles. The zero-order chi connectivity index (χ0) is 17.1. The van der Waals surface area contributed by atoms with E-state index in [0.717, 1.165) is 50.7 Å². The molecule has 2 N–H and O–H groups in total. The van der Waals surface area contributed by atoms with Crippen LogP contribution in [0.1, 0.15) is 58.4 Å². The second-order valence-corrected chi connectivity index (χ2v) is 6.54. The lowest BCUT2D eigenvalue weighted by molar-refractivity contribution is 0.0835. The Morgan fingerprint density at radius 3 is 2.71 bits per heavy atom. The number of hydrogen-bond donors (Lipinski definition) is 2. The Hall–Kier alpha value is -1.66. The number of fused-ring (bicyclic) bond motifs is 1. The number of imidazole rings is 1. The third kappa shape index (κ3) is 3.13. The summed E-state index contributed by atoms with van der Waals surface area (Å²) >= 11 is 0.